The summed E-state index contributed by atoms with van der Waals surface area (Å²) >= 11 is 3.60. The smallest absolute Gasteiger partial charge is 0.414 e. The summed E-state index contributed by atoms with van der Waals surface area (Å²) < 4.78 is 1.21. The second kappa shape index (κ2) is 15.5. The molecule has 2 aromatic heterocycles. The number of nitrogens with zero attached hydrogens (tertiary/aromatic N) is 5. The number of aliphatic carboxylic acids is 2. The molecular formula is C24H35N5O6S2. The summed E-state index contributed by atoms with van der Waals surface area (Å²) in [5.74, 6) is -1.55. The number of anilines is 1. The number of fused-ring (bicyclic) bond motifs is 1. The Bertz CT molecular complexity index is 1000. The first-order valence-corrected chi connectivity index (χ1v) is 13.9. The van der Waals surface area contributed by atoms with Crippen molar-refractivity contribution < 1.29 is 30.1 Å². The van der Waals surface area contributed by atoms with Crippen LogP contribution in [0.1, 0.15) is 40.9 Å². The first-order chi connectivity index (χ1) is 17.3. The molecule has 0 atom stereocenters. The lowest BCUT2D eigenvalue weighted by Crippen LogP contribution is -2.47. The van der Waals surface area contributed by atoms with Gasteiger partial charge in [0, 0.05) is 62.3 Å². The minimum Gasteiger partial charge on any atom is -0.473 e. The van der Waals surface area contributed by atoms with E-state index in [2.05, 4.69) is 37.7 Å². The third-order valence-corrected chi connectivity index (χ3v) is 8.29. The molecule has 4 rings (SSSR count). The van der Waals surface area contributed by atoms with Gasteiger partial charge in [-0.05, 0) is 38.4 Å². The molecule has 4 heterocycles. The quantitative estimate of drug-likeness (QED) is 0.366. The summed E-state index contributed by atoms with van der Waals surface area (Å²) in [6.07, 6.45) is 8.40. The number of carbonyl (C=O) groups excluding carboxylic acids is 1. The number of piperazine rings is 1. The molecule has 4 N–H and O–H groups in total. The van der Waals surface area contributed by atoms with Crippen LogP contribution in [0.25, 0.3) is 0 Å². The topological polar surface area (TPSA) is 159 Å². The Morgan fingerprint density at radius 1 is 0.946 bits per heavy atom. The standard InChI is InChI=1S/C22H31N5OS2.C2H2O4.H2O/c1-18-17-19-20(28)26(15-16-29-21(19)30-18)10-5-3-2-4-9-25-11-13-27(14-12-25)22-23-7-6-8-24-22;3-1(4)2(5)6;/h6-8,17H,2-5,9-16H2,1H3;(H,3,4)(H,5,6);1H2. The van der Waals surface area contributed by atoms with E-state index in [4.69, 9.17) is 19.8 Å². The highest BCUT2D eigenvalue weighted by molar-refractivity contribution is 8.01. The van der Waals surface area contributed by atoms with Crippen molar-refractivity contribution in [2.24, 2.45) is 0 Å². The van der Waals surface area contributed by atoms with Crippen LogP contribution in [0.4, 0.5) is 5.95 Å². The van der Waals surface area contributed by atoms with Crippen LogP contribution in [-0.4, -0.2) is 105 Å². The molecule has 1 amide bonds. The molecule has 0 spiro atoms. The van der Waals surface area contributed by atoms with Crippen molar-refractivity contribution in [2.45, 2.75) is 36.8 Å². The van der Waals surface area contributed by atoms with Crippen LogP contribution < -0.4 is 4.90 Å². The van der Waals surface area contributed by atoms with Gasteiger partial charge in [-0.2, -0.15) is 0 Å². The number of rotatable bonds is 8. The number of hydrogen-bond donors (Lipinski definition) is 2. The number of thiophene rings is 1. The zero-order valence-electron chi connectivity index (χ0n) is 21.0. The fraction of sp³-hybridized carbons (Fsp3) is 0.542. The molecule has 0 radical (unpaired) electrons. The minimum atomic E-state index is -1.82. The third kappa shape index (κ3) is 9.58. The van der Waals surface area contributed by atoms with E-state index in [1.54, 1.807) is 11.3 Å². The molecule has 37 heavy (non-hydrogen) atoms. The number of carboxylic acid groups (broad SMARTS) is 2. The molecule has 0 saturated carbocycles. The van der Waals surface area contributed by atoms with Crippen molar-refractivity contribution in [2.75, 3.05) is 56.5 Å². The van der Waals surface area contributed by atoms with Crippen molar-refractivity contribution in [1.82, 2.24) is 19.8 Å². The second-order valence-electron chi connectivity index (χ2n) is 8.60. The predicted molar refractivity (Wildman–Crippen MR) is 144 cm³/mol. The summed E-state index contributed by atoms with van der Waals surface area (Å²) in [7, 11) is 0. The summed E-state index contributed by atoms with van der Waals surface area (Å²) in [5, 5.41) is 14.8. The highest BCUT2D eigenvalue weighted by Gasteiger charge is 2.24. The van der Waals surface area contributed by atoms with E-state index < -0.39 is 11.9 Å². The maximum absolute atomic E-state index is 12.8. The van der Waals surface area contributed by atoms with E-state index in [0.717, 1.165) is 63.0 Å². The van der Waals surface area contributed by atoms with Gasteiger partial charge in [0.15, 0.2) is 0 Å². The van der Waals surface area contributed by atoms with Crippen molar-refractivity contribution in [3.63, 3.8) is 0 Å². The number of amides is 1. The van der Waals surface area contributed by atoms with Gasteiger partial charge in [0.25, 0.3) is 5.91 Å². The number of aromatic nitrogens is 2. The lowest BCUT2D eigenvalue weighted by molar-refractivity contribution is -0.159. The highest BCUT2D eigenvalue weighted by atomic mass is 32.2. The third-order valence-electron chi connectivity index (χ3n) is 5.98. The zero-order valence-corrected chi connectivity index (χ0v) is 22.6. The van der Waals surface area contributed by atoms with E-state index in [1.807, 2.05) is 30.2 Å². The summed E-state index contributed by atoms with van der Waals surface area (Å²) in [4.78, 5) is 47.8. The van der Waals surface area contributed by atoms with Gasteiger partial charge in [0.05, 0.1) is 9.77 Å². The average Bonchev–Trinajstić information content (AvgIpc) is 3.19. The number of aryl methyl sites for hydroxylation is 1. The SMILES string of the molecule is Cc1cc2c(s1)SCCN(CCCCCCN1CCN(c3ncccn3)CC1)C2=O.O.O=C(O)C(=O)O. The number of unbranched alkanes of at least 4 members (excludes halogenated alkanes) is 3. The largest absolute Gasteiger partial charge is 0.473 e. The molecule has 2 aromatic rings. The van der Waals surface area contributed by atoms with Crippen molar-refractivity contribution >= 4 is 46.9 Å². The van der Waals surface area contributed by atoms with Crippen molar-refractivity contribution in [3.8, 4) is 0 Å². The van der Waals surface area contributed by atoms with E-state index >= 15 is 0 Å². The van der Waals surface area contributed by atoms with Gasteiger partial charge in [-0.1, -0.05) is 12.8 Å². The molecular weight excluding hydrogens is 518 g/mol. The Morgan fingerprint density at radius 2 is 1.57 bits per heavy atom. The van der Waals surface area contributed by atoms with Crippen molar-refractivity contribution in [3.05, 3.63) is 35.0 Å². The summed E-state index contributed by atoms with van der Waals surface area (Å²) in [6, 6.07) is 3.93. The first kappa shape index (κ1) is 30.5. The van der Waals surface area contributed by atoms with Gasteiger partial charge in [0.1, 0.15) is 0 Å². The van der Waals surface area contributed by atoms with Crippen molar-refractivity contribution in [1.29, 1.82) is 0 Å². The normalized spacial score (nSPS) is 15.6. The van der Waals surface area contributed by atoms with Gasteiger partial charge in [-0.15, -0.1) is 23.1 Å². The number of thioether (sulfide) groups is 1. The van der Waals surface area contributed by atoms with E-state index in [0.29, 0.717) is 0 Å². The maximum Gasteiger partial charge on any atom is 0.414 e. The van der Waals surface area contributed by atoms with Crippen LogP contribution >= 0.6 is 23.1 Å². The average molecular weight is 554 g/mol. The van der Waals surface area contributed by atoms with Crippen LogP contribution in [0.15, 0.2) is 28.7 Å². The number of carboxylic acids is 2. The van der Waals surface area contributed by atoms with Gasteiger partial charge in [-0.3, -0.25) is 9.69 Å². The molecule has 13 heteroatoms. The zero-order chi connectivity index (χ0) is 25.9. The van der Waals surface area contributed by atoms with Crippen LogP contribution in [0.2, 0.25) is 0 Å². The molecule has 0 aliphatic carbocycles. The van der Waals surface area contributed by atoms with Gasteiger partial charge in [0.2, 0.25) is 5.95 Å². The Hall–Kier alpha value is -2.74. The molecule has 2 aliphatic heterocycles. The van der Waals surface area contributed by atoms with E-state index in [-0.39, 0.29) is 11.4 Å². The fourth-order valence-electron chi connectivity index (χ4n) is 4.10. The van der Waals surface area contributed by atoms with Crippen LogP contribution in [-0.2, 0) is 9.59 Å². The van der Waals surface area contributed by atoms with Gasteiger partial charge < -0.3 is 25.5 Å². The van der Waals surface area contributed by atoms with E-state index in [9.17, 15) is 4.79 Å². The molecule has 0 aromatic carbocycles. The Kier molecular flexibility index (Phi) is 12.8. The van der Waals surface area contributed by atoms with Crippen LogP contribution in [0, 0.1) is 6.92 Å². The Balaban J connectivity index is 0.000000618. The second-order valence-corrected chi connectivity index (χ2v) is 11.2. The lowest BCUT2D eigenvalue weighted by atomic mass is 10.1. The van der Waals surface area contributed by atoms with E-state index in [1.165, 1.54) is 34.9 Å². The van der Waals surface area contributed by atoms with Crippen LogP contribution in [0.5, 0.6) is 0 Å². The molecule has 11 nitrogen and oxygen atoms in total. The summed E-state index contributed by atoms with van der Waals surface area (Å²) in [5.41, 5.74) is 0.931. The molecule has 2 aliphatic rings. The predicted octanol–water partition coefficient (Wildman–Crippen LogP) is 2.11. The molecule has 0 bridgehead atoms. The molecule has 1 saturated heterocycles. The highest BCUT2D eigenvalue weighted by Crippen LogP contribution is 2.34. The lowest BCUT2D eigenvalue weighted by Gasteiger charge is -2.34. The van der Waals surface area contributed by atoms with Crippen LogP contribution in [0.3, 0.4) is 0 Å². The minimum absolute atomic E-state index is 0. The molecule has 1 fully saturated rings. The summed E-state index contributed by atoms with van der Waals surface area (Å²) in [6.45, 7) is 9.20. The van der Waals surface area contributed by atoms with Gasteiger partial charge >= 0.3 is 11.9 Å². The molecule has 204 valence electrons. The monoisotopic (exact) mass is 553 g/mol. The fourth-order valence-corrected chi connectivity index (χ4v) is 6.50. The number of carbonyl (C=O) groups is 3. The Labute approximate surface area is 224 Å². The Morgan fingerprint density at radius 3 is 2.19 bits per heavy atom. The maximum atomic E-state index is 12.8. The molecule has 0 unspecified atom stereocenters. The number of hydrogen-bond acceptors (Lipinski definition) is 9. The first-order valence-electron chi connectivity index (χ1n) is 12.1. The van der Waals surface area contributed by atoms with Gasteiger partial charge in [-0.25, -0.2) is 19.6 Å².